The van der Waals surface area contributed by atoms with Gasteiger partial charge in [-0.05, 0) is 30.2 Å². The molecule has 2 aromatic heterocycles. The lowest BCUT2D eigenvalue weighted by Gasteiger charge is -2.06. The van der Waals surface area contributed by atoms with Gasteiger partial charge in [0.1, 0.15) is 5.69 Å². The molecule has 3 aromatic rings. The van der Waals surface area contributed by atoms with Crippen molar-refractivity contribution in [2.75, 3.05) is 0 Å². The Morgan fingerprint density at radius 2 is 2.11 bits per heavy atom. The molecule has 0 saturated carbocycles. The standard InChI is InChI=1S/C15H14N2O2/c1-10-6-7-17(14(10)15(18)19)9-11-8-16-13-5-3-2-4-12(11)13/h2-8,16H,9H2,1H3,(H,18,19). The molecule has 0 aliphatic heterocycles. The maximum absolute atomic E-state index is 11.3. The molecular formula is C15H14N2O2. The van der Waals surface area contributed by atoms with Gasteiger partial charge in [0.15, 0.2) is 0 Å². The Kier molecular flexibility index (Phi) is 2.63. The minimum absolute atomic E-state index is 0.352. The minimum Gasteiger partial charge on any atom is -0.477 e. The van der Waals surface area contributed by atoms with Gasteiger partial charge in [-0.15, -0.1) is 0 Å². The molecule has 0 unspecified atom stereocenters. The van der Waals surface area contributed by atoms with Crippen LogP contribution in [0.4, 0.5) is 0 Å². The van der Waals surface area contributed by atoms with Gasteiger partial charge in [-0.3, -0.25) is 0 Å². The van der Waals surface area contributed by atoms with E-state index in [2.05, 4.69) is 4.98 Å². The molecule has 2 heterocycles. The van der Waals surface area contributed by atoms with E-state index < -0.39 is 5.97 Å². The maximum atomic E-state index is 11.3. The number of carbonyl (C=O) groups is 1. The van der Waals surface area contributed by atoms with Gasteiger partial charge in [0.25, 0.3) is 0 Å². The van der Waals surface area contributed by atoms with Crippen molar-refractivity contribution in [2.45, 2.75) is 13.5 Å². The van der Waals surface area contributed by atoms with Crippen molar-refractivity contribution in [1.82, 2.24) is 9.55 Å². The molecule has 0 bridgehead atoms. The summed E-state index contributed by atoms with van der Waals surface area (Å²) in [7, 11) is 0. The zero-order valence-corrected chi connectivity index (χ0v) is 10.6. The lowest BCUT2D eigenvalue weighted by molar-refractivity contribution is 0.0685. The number of aromatic nitrogens is 2. The van der Waals surface area contributed by atoms with Gasteiger partial charge in [0.2, 0.25) is 0 Å². The van der Waals surface area contributed by atoms with E-state index in [1.807, 2.05) is 49.6 Å². The van der Waals surface area contributed by atoms with E-state index in [0.717, 1.165) is 22.0 Å². The summed E-state index contributed by atoms with van der Waals surface area (Å²) < 4.78 is 1.77. The van der Waals surface area contributed by atoms with E-state index in [9.17, 15) is 9.90 Å². The van der Waals surface area contributed by atoms with Crippen LogP contribution in [0.25, 0.3) is 10.9 Å². The lowest BCUT2D eigenvalue weighted by atomic mass is 10.2. The molecule has 1 aromatic carbocycles. The topological polar surface area (TPSA) is 58.0 Å². The van der Waals surface area contributed by atoms with E-state index in [1.54, 1.807) is 4.57 Å². The molecule has 4 heteroatoms. The SMILES string of the molecule is Cc1ccn(Cc2c[nH]c3ccccc23)c1C(=O)O. The van der Waals surface area contributed by atoms with Crippen LogP contribution >= 0.6 is 0 Å². The van der Waals surface area contributed by atoms with E-state index in [4.69, 9.17) is 0 Å². The highest BCUT2D eigenvalue weighted by Gasteiger charge is 2.14. The van der Waals surface area contributed by atoms with Crippen LogP contribution in [0, 0.1) is 6.92 Å². The molecule has 0 fully saturated rings. The zero-order chi connectivity index (χ0) is 13.4. The molecule has 96 valence electrons. The average Bonchev–Trinajstić information content (AvgIpc) is 2.95. The highest BCUT2D eigenvalue weighted by atomic mass is 16.4. The van der Waals surface area contributed by atoms with Gasteiger partial charge in [-0.25, -0.2) is 4.79 Å². The van der Waals surface area contributed by atoms with Crippen molar-refractivity contribution in [3.05, 3.63) is 59.5 Å². The molecule has 0 spiro atoms. The number of carboxylic acid groups (broad SMARTS) is 1. The Morgan fingerprint density at radius 1 is 1.32 bits per heavy atom. The van der Waals surface area contributed by atoms with Crippen molar-refractivity contribution in [3.8, 4) is 0 Å². The lowest BCUT2D eigenvalue weighted by Crippen LogP contribution is -2.09. The third-order valence-electron chi connectivity index (χ3n) is 3.38. The first-order chi connectivity index (χ1) is 9.16. The zero-order valence-electron chi connectivity index (χ0n) is 10.6. The molecule has 19 heavy (non-hydrogen) atoms. The van der Waals surface area contributed by atoms with Gasteiger partial charge >= 0.3 is 5.97 Å². The quantitative estimate of drug-likeness (QED) is 0.754. The number of nitrogens with one attached hydrogen (secondary N) is 1. The van der Waals surface area contributed by atoms with Gasteiger partial charge in [-0.2, -0.15) is 0 Å². The number of fused-ring (bicyclic) bond motifs is 1. The third-order valence-corrected chi connectivity index (χ3v) is 3.38. The number of nitrogens with zero attached hydrogens (tertiary/aromatic N) is 1. The molecule has 3 rings (SSSR count). The van der Waals surface area contributed by atoms with Gasteiger partial charge in [-0.1, -0.05) is 18.2 Å². The van der Waals surface area contributed by atoms with Crippen molar-refractivity contribution in [3.63, 3.8) is 0 Å². The molecule has 0 radical (unpaired) electrons. The predicted molar refractivity (Wildman–Crippen MR) is 73.5 cm³/mol. The van der Waals surface area contributed by atoms with Crippen LogP contribution in [0.15, 0.2) is 42.7 Å². The van der Waals surface area contributed by atoms with Gasteiger partial charge in [0.05, 0.1) is 0 Å². The van der Waals surface area contributed by atoms with Crippen LogP contribution in [-0.4, -0.2) is 20.6 Å². The van der Waals surface area contributed by atoms with Crippen LogP contribution < -0.4 is 0 Å². The first-order valence-electron chi connectivity index (χ1n) is 6.11. The normalized spacial score (nSPS) is 11.0. The fourth-order valence-electron chi connectivity index (χ4n) is 2.45. The Hall–Kier alpha value is -2.49. The van der Waals surface area contributed by atoms with Crippen molar-refractivity contribution in [1.29, 1.82) is 0 Å². The van der Waals surface area contributed by atoms with Crippen LogP contribution in [0.3, 0.4) is 0 Å². The summed E-state index contributed by atoms with van der Waals surface area (Å²) in [6.07, 6.45) is 3.76. The molecule has 0 atom stereocenters. The molecule has 0 aliphatic rings. The number of hydrogen-bond acceptors (Lipinski definition) is 1. The van der Waals surface area contributed by atoms with Gasteiger partial charge in [0, 0.05) is 29.8 Å². The molecular weight excluding hydrogens is 240 g/mol. The Bertz CT molecular complexity index is 752. The fourth-order valence-corrected chi connectivity index (χ4v) is 2.45. The van der Waals surface area contributed by atoms with Gasteiger partial charge < -0.3 is 14.7 Å². The third kappa shape index (κ3) is 1.91. The number of aromatic amines is 1. The summed E-state index contributed by atoms with van der Waals surface area (Å²) in [6.45, 7) is 2.37. The molecule has 0 amide bonds. The molecule has 4 nitrogen and oxygen atoms in total. The van der Waals surface area contributed by atoms with Crippen LogP contribution in [0.5, 0.6) is 0 Å². The van der Waals surface area contributed by atoms with E-state index in [-0.39, 0.29) is 0 Å². The smallest absolute Gasteiger partial charge is 0.352 e. The second-order valence-corrected chi connectivity index (χ2v) is 4.64. The van der Waals surface area contributed by atoms with Crippen molar-refractivity contribution in [2.24, 2.45) is 0 Å². The number of rotatable bonds is 3. The second kappa shape index (κ2) is 4.31. The number of aryl methyl sites for hydroxylation is 1. The number of carboxylic acids is 1. The van der Waals surface area contributed by atoms with Crippen molar-refractivity contribution < 1.29 is 9.90 Å². The highest BCUT2D eigenvalue weighted by Crippen LogP contribution is 2.20. The number of benzene rings is 1. The summed E-state index contributed by atoms with van der Waals surface area (Å²) in [5.41, 5.74) is 3.30. The molecule has 0 saturated heterocycles. The summed E-state index contributed by atoms with van der Waals surface area (Å²) in [6, 6.07) is 9.85. The summed E-state index contributed by atoms with van der Waals surface area (Å²) in [4.78, 5) is 14.5. The molecule has 2 N–H and O–H groups in total. The highest BCUT2D eigenvalue weighted by molar-refractivity contribution is 5.88. The fraction of sp³-hybridized carbons (Fsp3) is 0.133. The Balaban J connectivity index is 2.04. The summed E-state index contributed by atoms with van der Waals surface area (Å²) in [5, 5.41) is 10.4. The average molecular weight is 254 g/mol. The number of H-pyrrole nitrogens is 1. The Morgan fingerprint density at radius 3 is 2.89 bits per heavy atom. The van der Waals surface area contributed by atoms with E-state index >= 15 is 0 Å². The summed E-state index contributed by atoms with van der Waals surface area (Å²) >= 11 is 0. The van der Waals surface area contributed by atoms with Crippen LogP contribution in [-0.2, 0) is 6.54 Å². The predicted octanol–water partition coefficient (Wildman–Crippen LogP) is 3.02. The maximum Gasteiger partial charge on any atom is 0.352 e. The first kappa shape index (κ1) is 11.6. The van der Waals surface area contributed by atoms with E-state index in [1.165, 1.54) is 0 Å². The second-order valence-electron chi connectivity index (χ2n) is 4.64. The number of aromatic carboxylic acids is 1. The monoisotopic (exact) mass is 254 g/mol. The number of hydrogen-bond donors (Lipinski definition) is 2. The van der Waals surface area contributed by atoms with Crippen molar-refractivity contribution >= 4 is 16.9 Å². The van der Waals surface area contributed by atoms with Crippen LogP contribution in [0.2, 0.25) is 0 Å². The van der Waals surface area contributed by atoms with Crippen LogP contribution in [0.1, 0.15) is 21.6 Å². The molecule has 0 aliphatic carbocycles. The largest absolute Gasteiger partial charge is 0.477 e. The summed E-state index contributed by atoms with van der Waals surface area (Å²) in [5.74, 6) is -0.887. The Labute approximate surface area is 110 Å². The van der Waals surface area contributed by atoms with E-state index in [0.29, 0.717) is 12.2 Å². The minimum atomic E-state index is -0.887. The number of para-hydroxylation sites is 1. The first-order valence-corrected chi connectivity index (χ1v) is 6.11.